The van der Waals surface area contributed by atoms with E-state index in [0.717, 1.165) is 19.4 Å². The van der Waals surface area contributed by atoms with Crippen LogP contribution in [0.25, 0.3) is 0 Å². The molecule has 0 bridgehead atoms. The maximum Gasteiger partial charge on any atom is 0.123 e. The van der Waals surface area contributed by atoms with Gasteiger partial charge in [-0.1, -0.05) is 19.1 Å². The van der Waals surface area contributed by atoms with Crippen LogP contribution in [-0.4, -0.2) is 25.0 Å². The molecule has 1 unspecified atom stereocenters. The standard InChI is InChI=1S/C13H21FN2/c1-3-13(16(2)10-4-9-15)11-5-7-12(14)8-6-11/h5-8,13H,3-4,9-10,15H2,1-2H3. The first-order valence-corrected chi connectivity index (χ1v) is 5.84. The Morgan fingerprint density at radius 1 is 1.31 bits per heavy atom. The lowest BCUT2D eigenvalue weighted by Gasteiger charge is -2.27. The molecule has 0 aliphatic heterocycles. The zero-order valence-corrected chi connectivity index (χ0v) is 10.1. The smallest absolute Gasteiger partial charge is 0.123 e. The lowest BCUT2D eigenvalue weighted by Crippen LogP contribution is -2.26. The van der Waals surface area contributed by atoms with Crippen LogP contribution in [0.3, 0.4) is 0 Å². The number of nitrogens with two attached hydrogens (primary N) is 1. The van der Waals surface area contributed by atoms with Gasteiger partial charge < -0.3 is 5.73 Å². The Balaban J connectivity index is 2.69. The average molecular weight is 224 g/mol. The van der Waals surface area contributed by atoms with Crippen molar-refractivity contribution in [2.24, 2.45) is 5.73 Å². The van der Waals surface area contributed by atoms with E-state index in [0.29, 0.717) is 12.6 Å². The van der Waals surface area contributed by atoms with E-state index < -0.39 is 0 Å². The molecule has 3 heteroatoms. The number of benzene rings is 1. The van der Waals surface area contributed by atoms with Gasteiger partial charge in [0.1, 0.15) is 5.82 Å². The van der Waals surface area contributed by atoms with Crippen LogP contribution in [-0.2, 0) is 0 Å². The summed E-state index contributed by atoms with van der Waals surface area (Å²) in [4.78, 5) is 2.28. The summed E-state index contributed by atoms with van der Waals surface area (Å²) in [6, 6.07) is 7.13. The molecule has 1 rings (SSSR count). The third kappa shape index (κ3) is 3.58. The number of rotatable bonds is 6. The highest BCUT2D eigenvalue weighted by molar-refractivity contribution is 5.19. The quantitative estimate of drug-likeness (QED) is 0.804. The van der Waals surface area contributed by atoms with Gasteiger partial charge in [-0.25, -0.2) is 4.39 Å². The maximum atomic E-state index is 12.8. The van der Waals surface area contributed by atoms with Gasteiger partial charge in [-0.15, -0.1) is 0 Å². The summed E-state index contributed by atoms with van der Waals surface area (Å²) in [6.45, 7) is 3.84. The van der Waals surface area contributed by atoms with Crippen LogP contribution in [0.15, 0.2) is 24.3 Å². The highest BCUT2D eigenvalue weighted by atomic mass is 19.1. The van der Waals surface area contributed by atoms with Gasteiger partial charge in [-0.05, 0) is 50.7 Å². The lowest BCUT2D eigenvalue weighted by atomic mass is 10.0. The van der Waals surface area contributed by atoms with Crippen LogP contribution in [0.1, 0.15) is 31.4 Å². The number of hydrogen-bond donors (Lipinski definition) is 1. The molecule has 2 nitrogen and oxygen atoms in total. The van der Waals surface area contributed by atoms with Gasteiger partial charge in [0.25, 0.3) is 0 Å². The van der Waals surface area contributed by atoms with E-state index >= 15 is 0 Å². The molecule has 16 heavy (non-hydrogen) atoms. The predicted octanol–water partition coefficient (Wildman–Crippen LogP) is 2.56. The minimum atomic E-state index is -0.178. The van der Waals surface area contributed by atoms with Crippen molar-refractivity contribution in [1.82, 2.24) is 4.90 Å². The van der Waals surface area contributed by atoms with Crippen molar-refractivity contribution in [3.63, 3.8) is 0 Å². The first kappa shape index (κ1) is 13.1. The first-order valence-electron chi connectivity index (χ1n) is 5.84. The lowest BCUT2D eigenvalue weighted by molar-refractivity contribution is 0.237. The van der Waals surface area contributed by atoms with E-state index in [-0.39, 0.29) is 5.82 Å². The predicted molar refractivity (Wildman–Crippen MR) is 65.7 cm³/mol. The molecule has 0 fully saturated rings. The fraction of sp³-hybridized carbons (Fsp3) is 0.538. The fourth-order valence-electron chi connectivity index (χ4n) is 1.98. The largest absolute Gasteiger partial charge is 0.330 e. The number of halogens is 1. The van der Waals surface area contributed by atoms with Crippen LogP contribution in [0.5, 0.6) is 0 Å². The molecule has 0 radical (unpaired) electrons. The molecule has 0 aromatic heterocycles. The van der Waals surface area contributed by atoms with Gasteiger partial charge in [0, 0.05) is 6.04 Å². The van der Waals surface area contributed by atoms with E-state index in [9.17, 15) is 4.39 Å². The molecule has 0 saturated heterocycles. The van der Waals surface area contributed by atoms with Crippen LogP contribution in [0.4, 0.5) is 4.39 Å². The van der Waals surface area contributed by atoms with Crippen molar-refractivity contribution in [2.75, 3.05) is 20.1 Å². The summed E-state index contributed by atoms with van der Waals surface area (Å²) in [5.74, 6) is -0.178. The molecule has 2 N–H and O–H groups in total. The Morgan fingerprint density at radius 2 is 1.94 bits per heavy atom. The molecule has 1 aromatic carbocycles. The summed E-state index contributed by atoms with van der Waals surface area (Å²) in [5, 5.41) is 0. The summed E-state index contributed by atoms with van der Waals surface area (Å²) in [5.41, 5.74) is 6.67. The van der Waals surface area contributed by atoms with Crippen LogP contribution >= 0.6 is 0 Å². The number of hydrogen-bond acceptors (Lipinski definition) is 2. The van der Waals surface area contributed by atoms with E-state index in [1.54, 1.807) is 0 Å². The van der Waals surface area contributed by atoms with Crippen molar-refractivity contribution in [3.8, 4) is 0 Å². The second-order valence-electron chi connectivity index (χ2n) is 4.10. The van der Waals surface area contributed by atoms with Gasteiger partial charge in [0.15, 0.2) is 0 Å². The maximum absolute atomic E-state index is 12.8. The molecule has 0 saturated carbocycles. The Kier molecular flexibility index (Phi) is 5.43. The molecule has 0 aliphatic rings. The van der Waals surface area contributed by atoms with E-state index in [2.05, 4.69) is 18.9 Å². The second-order valence-corrected chi connectivity index (χ2v) is 4.10. The molecule has 0 spiro atoms. The van der Waals surface area contributed by atoms with Gasteiger partial charge in [-0.3, -0.25) is 4.90 Å². The van der Waals surface area contributed by atoms with Gasteiger partial charge in [0.05, 0.1) is 0 Å². The average Bonchev–Trinajstić information content (AvgIpc) is 2.30. The molecule has 1 aromatic rings. The molecule has 0 aliphatic carbocycles. The highest BCUT2D eigenvalue weighted by Gasteiger charge is 2.14. The third-order valence-electron chi connectivity index (χ3n) is 2.89. The Morgan fingerprint density at radius 3 is 2.44 bits per heavy atom. The SMILES string of the molecule is CCC(c1ccc(F)cc1)N(C)CCCN. The number of nitrogens with zero attached hydrogens (tertiary/aromatic N) is 1. The van der Waals surface area contributed by atoms with Gasteiger partial charge in [-0.2, -0.15) is 0 Å². The van der Waals surface area contributed by atoms with Gasteiger partial charge in [0.2, 0.25) is 0 Å². The fourth-order valence-corrected chi connectivity index (χ4v) is 1.98. The minimum Gasteiger partial charge on any atom is -0.330 e. The Hall–Kier alpha value is -0.930. The first-order chi connectivity index (χ1) is 7.69. The third-order valence-corrected chi connectivity index (χ3v) is 2.89. The molecule has 90 valence electrons. The van der Waals surface area contributed by atoms with Crippen molar-refractivity contribution in [3.05, 3.63) is 35.6 Å². The van der Waals surface area contributed by atoms with Crippen molar-refractivity contribution in [1.29, 1.82) is 0 Å². The van der Waals surface area contributed by atoms with E-state index in [1.807, 2.05) is 12.1 Å². The van der Waals surface area contributed by atoms with Crippen LogP contribution < -0.4 is 5.73 Å². The van der Waals surface area contributed by atoms with Gasteiger partial charge >= 0.3 is 0 Å². The van der Waals surface area contributed by atoms with Crippen LogP contribution in [0.2, 0.25) is 0 Å². The van der Waals surface area contributed by atoms with E-state index in [1.165, 1.54) is 17.7 Å². The Labute approximate surface area is 97.3 Å². The highest BCUT2D eigenvalue weighted by Crippen LogP contribution is 2.22. The monoisotopic (exact) mass is 224 g/mol. The van der Waals surface area contributed by atoms with E-state index in [4.69, 9.17) is 5.73 Å². The molecule has 1 atom stereocenters. The topological polar surface area (TPSA) is 29.3 Å². The molecule has 0 amide bonds. The summed E-state index contributed by atoms with van der Waals surface area (Å²) >= 11 is 0. The minimum absolute atomic E-state index is 0.178. The molecular weight excluding hydrogens is 203 g/mol. The summed E-state index contributed by atoms with van der Waals surface area (Å²) in [6.07, 6.45) is 2.01. The Bertz CT molecular complexity index is 297. The molecule has 0 heterocycles. The molecular formula is C13H21FN2. The van der Waals surface area contributed by atoms with Crippen molar-refractivity contribution in [2.45, 2.75) is 25.8 Å². The zero-order chi connectivity index (χ0) is 12.0. The van der Waals surface area contributed by atoms with Crippen LogP contribution in [0, 0.1) is 5.82 Å². The van der Waals surface area contributed by atoms with Crippen molar-refractivity contribution >= 4 is 0 Å². The summed E-state index contributed by atoms with van der Waals surface area (Å²) in [7, 11) is 2.09. The zero-order valence-electron chi connectivity index (χ0n) is 10.1. The second kappa shape index (κ2) is 6.61. The normalized spacial score (nSPS) is 13.1. The summed E-state index contributed by atoms with van der Waals surface area (Å²) < 4.78 is 12.8. The van der Waals surface area contributed by atoms with Crippen molar-refractivity contribution < 1.29 is 4.39 Å².